The average molecular weight is 255 g/mol. The third-order valence-corrected chi connectivity index (χ3v) is 4.22. The molecule has 0 bridgehead atoms. The highest BCUT2D eigenvalue weighted by atomic mass is 32.2. The Balaban J connectivity index is 3.13. The van der Waals surface area contributed by atoms with E-state index in [4.69, 9.17) is 5.14 Å². The van der Waals surface area contributed by atoms with E-state index in [9.17, 15) is 13.2 Å². The van der Waals surface area contributed by atoms with Crippen LogP contribution in [0, 0.1) is 5.92 Å². The Bertz CT molecular complexity index is 482. The highest BCUT2D eigenvalue weighted by molar-refractivity contribution is 7.90. The van der Waals surface area contributed by atoms with Crippen LogP contribution in [0.1, 0.15) is 30.6 Å². The van der Waals surface area contributed by atoms with Crippen LogP contribution < -0.4 is 5.14 Å². The molecule has 0 aliphatic carbocycles. The molecule has 0 radical (unpaired) electrons. The Morgan fingerprint density at radius 1 is 1.29 bits per heavy atom. The van der Waals surface area contributed by atoms with Crippen molar-refractivity contribution in [1.82, 2.24) is 0 Å². The minimum Gasteiger partial charge on any atom is -0.293 e. The second-order valence-corrected chi connectivity index (χ2v) is 5.81. The summed E-state index contributed by atoms with van der Waals surface area (Å²) in [5.41, 5.74) is 0.381. The molecule has 2 atom stereocenters. The molecular formula is C12H17NO3S. The molecule has 17 heavy (non-hydrogen) atoms. The Kier molecular flexibility index (Phi) is 4.42. The molecule has 0 saturated carbocycles. The molecule has 5 heteroatoms. The van der Waals surface area contributed by atoms with E-state index in [0.29, 0.717) is 12.0 Å². The smallest absolute Gasteiger partial charge is 0.219 e. The van der Waals surface area contributed by atoms with E-state index in [1.54, 1.807) is 37.3 Å². The van der Waals surface area contributed by atoms with Gasteiger partial charge in [0.2, 0.25) is 10.0 Å². The Morgan fingerprint density at radius 3 is 2.24 bits per heavy atom. The first-order chi connectivity index (χ1) is 7.88. The summed E-state index contributed by atoms with van der Waals surface area (Å²) in [6.45, 7) is 3.55. The lowest BCUT2D eigenvalue weighted by atomic mass is 9.97. The minimum absolute atomic E-state index is 0.294. The molecule has 0 amide bonds. The van der Waals surface area contributed by atoms with Gasteiger partial charge in [-0.2, -0.15) is 0 Å². The van der Waals surface area contributed by atoms with Crippen LogP contribution in [0.3, 0.4) is 0 Å². The van der Waals surface area contributed by atoms with Gasteiger partial charge in [-0.25, -0.2) is 13.6 Å². The molecule has 1 aromatic carbocycles. The lowest BCUT2D eigenvalue weighted by molar-refractivity contribution is 0.0968. The number of hydrogen-bond acceptors (Lipinski definition) is 3. The Morgan fingerprint density at radius 2 is 1.82 bits per heavy atom. The van der Waals surface area contributed by atoms with Crippen molar-refractivity contribution in [2.75, 3.05) is 0 Å². The van der Waals surface area contributed by atoms with Crippen LogP contribution in [-0.2, 0) is 10.0 Å². The van der Waals surface area contributed by atoms with Gasteiger partial charge in [-0.3, -0.25) is 4.79 Å². The number of hydrogen-bond donors (Lipinski definition) is 1. The minimum atomic E-state index is -3.87. The molecule has 4 nitrogen and oxygen atoms in total. The first-order valence-electron chi connectivity index (χ1n) is 5.48. The molecule has 2 N–H and O–H groups in total. The fourth-order valence-corrected chi connectivity index (χ4v) is 2.99. The summed E-state index contributed by atoms with van der Waals surface area (Å²) < 4.78 is 23.0. The quantitative estimate of drug-likeness (QED) is 0.811. The number of benzene rings is 1. The fraction of sp³-hybridized carbons (Fsp3) is 0.417. The predicted octanol–water partition coefficient (Wildman–Crippen LogP) is 1.57. The number of carbonyl (C=O) groups is 1. The van der Waals surface area contributed by atoms with Gasteiger partial charge in [-0.05, 0) is 5.92 Å². The second-order valence-electron chi connectivity index (χ2n) is 4.13. The van der Waals surface area contributed by atoms with Gasteiger partial charge in [0.15, 0.2) is 5.78 Å². The van der Waals surface area contributed by atoms with Gasteiger partial charge >= 0.3 is 0 Å². The molecule has 1 aromatic rings. The lowest BCUT2D eigenvalue weighted by Gasteiger charge is -2.19. The van der Waals surface area contributed by atoms with Crippen molar-refractivity contribution in [2.24, 2.45) is 11.1 Å². The van der Waals surface area contributed by atoms with Crippen molar-refractivity contribution in [3.8, 4) is 0 Å². The predicted molar refractivity (Wildman–Crippen MR) is 67.1 cm³/mol. The average Bonchev–Trinajstić information content (AvgIpc) is 2.28. The molecular weight excluding hydrogens is 238 g/mol. The summed E-state index contributed by atoms with van der Waals surface area (Å²) in [6, 6.07) is 8.37. The highest BCUT2D eigenvalue weighted by Crippen LogP contribution is 2.19. The van der Waals surface area contributed by atoms with Crippen LogP contribution in [0.15, 0.2) is 30.3 Å². The van der Waals surface area contributed by atoms with Gasteiger partial charge in [0, 0.05) is 5.56 Å². The summed E-state index contributed by atoms with van der Waals surface area (Å²) in [4.78, 5) is 12.1. The maximum absolute atomic E-state index is 12.1. The molecule has 0 aliphatic heterocycles. The highest BCUT2D eigenvalue weighted by Gasteiger charge is 2.34. The number of ketones is 1. The van der Waals surface area contributed by atoms with E-state index in [-0.39, 0.29) is 5.92 Å². The SMILES string of the molecule is CCC(C)C(C(=O)c1ccccc1)S(N)(=O)=O. The van der Waals surface area contributed by atoms with Crippen molar-refractivity contribution < 1.29 is 13.2 Å². The summed E-state index contributed by atoms with van der Waals surface area (Å²) in [7, 11) is -3.87. The standard InChI is InChI=1S/C12H17NO3S/c1-3-9(2)12(17(13,15)16)11(14)10-7-5-4-6-8-10/h4-9,12H,3H2,1-2H3,(H2,13,15,16). The number of sulfonamides is 1. The van der Waals surface area contributed by atoms with E-state index in [1.165, 1.54) is 0 Å². The summed E-state index contributed by atoms with van der Waals surface area (Å²) in [5, 5.41) is 3.99. The zero-order chi connectivity index (χ0) is 13.1. The molecule has 0 spiro atoms. The number of carbonyl (C=O) groups excluding carboxylic acids is 1. The van der Waals surface area contributed by atoms with E-state index in [2.05, 4.69) is 0 Å². The lowest BCUT2D eigenvalue weighted by Crippen LogP contribution is -2.40. The van der Waals surface area contributed by atoms with Gasteiger partial charge in [0.25, 0.3) is 0 Å². The van der Waals surface area contributed by atoms with Crippen LogP contribution >= 0.6 is 0 Å². The maximum Gasteiger partial charge on any atom is 0.219 e. The molecule has 0 heterocycles. The van der Waals surface area contributed by atoms with E-state index < -0.39 is 21.1 Å². The van der Waals surface area contributed by atoms with Gasteiger partial charge in [-0.15, -0.1) is 0 Å². The molecule has 0 saturated heterocycles. The number of Topliss-reactive ketones (excluding diaryl/α,β-unsaturated/α-hetero) is 1. The second kappa shape index (κ2) is 5.42. The summed E-state index contributed by atoms with van der Waals surface area (Å²) in [5.74, 6) is -0.722. The third-order valence-electron chi connectivity index (χ3n) is 2.83. The van der Waals surface area contributed by atoms with Crippen molar-refractivity contribution in [2.45, 2.75) is 25.5 Å². The molecule has 0 fully saturated rings. The number of rotatable bonds is 5. The van der Waals surface area contributed by atoms with Crippen molar-refractivity contribution >= 4 is 15.8 Å². The zero-order valence-corrected chi connectivity index (χ0v) is 10.8. The zero-order valence-electron chi connectivity index (χ0n) is 9.96. The Labute approximate surface area is 102 Å². The summed E-state index contributed by atoms with van der Waals surface area (Å²) in [6.07, 6.45) is 0.583. The maximum atomic E-state index is 12.1. The van der Waals surface area contributed by atoms with Crippen molar-refractivity contribution in [3.63, 3.8) is 0 Å². The van der Waals surface area contributed by atoms with Crippen LogP contribution in [0.4, 0.5) is 0 Å². The van der Waals surface area contributed by atoms with Crippen molar-refractivity contribution in [3.05, 3.63) is 35.9 Å². The molecule has 0 aromatic heterocycles. The van der Waals surface area contributed by atoms with Crippen LogP contribution in [-0.4, -0.2) is 19.5 Å². The van der Waals surface area contributed by atoms with E-state index in [1.807, 2.05) is 6.92 Å². The third kappa shape index (κ3) is 3.38. The van der Waals surface area contributed by atoms with Crippen LogP contribution in [0.5, 0.6) is 0 Å². The van der Waals surface area contributed by atoms with Gasteiger partial charge in [-0.1, -0.05) is 50.6 Å². The first kappa shape index (κ1) is 13.9. The molecule has 0 aliphatic rings. The van der Waals surface area contributed by atoms with Gasteiger partial charge < -0.3 is 0 Å². The van der Waals surface area contributed by atoms with Gasteiger partial charge in [0.1, 0.15) is 5.25 Å². The van der Waals surface area contributed by atoms with E-state index >= 15 is 0 Å². The number of primary sulfonamides is 1. The fourth-order valence-electron chi connectivity index (χ4n) is 1.71. The number of nitrogens with two attached hydrogens (primary N) is 1. The largest absolute Gasteiger partial charge is 0.293 e. The first-order valence-corrected chi connectivity index (χ1v) is 7.09. The normalized spacial score (nSPS) is 15.2. The monoisotopic (exact) mass is 255 g/mol. The van der Waals surface area contributed by atoms with Gasteiger partial charge in [0.05, 0.1) is 0 Å². The molecule has 94 valence electrons. The summed E-state index contributed by atoms with van der Waals surface area (Å²) >= 11 is 0. The molecule has 1 rings (SSSR count). The molecule has 2 unspecified atom stereocenters. The van der Waals surface area contributed by atoms with Crippen LogP contribution in [0.25, 0.3) is 0 Å². The van der Waals surface area contributed by atoms with Crippen LogP contribution in [0.2, 0.25) is 0 Å². The van der Waals surface area contributed by atoms with Crippen molar-refractivity contribution in [1.29, 1.82) is 0 Å². The topological polar surface area (TPSA) is 77.2 Å². The van der Waals surface area contributed by atoms with E-state index in [0.717, 1.165) is 0 Å². The Hall–Kier alpha value is -1.20.